The van der Waals surface area contributed by atoms with Gasteiger partial charge in [0, 0.05) is 25.7 Å². The van der Waals surface area contributed by atoms with Crippen LogP contribution < -0.4 is 0 Å². The summed E-state index contributed by atoms with van der Waals surface area (Å²) in [5.74, 6) is 0.0869. The lowest BCUT2D eigenvalue weighted by Crippen LogP contribution is -2.46. The van der Waals surface area contributed by atoms with Crippen LogP contribution in [0.3, 0.4) is 0 Å². The van der Waals surface area contributed by atoms with Gasteiger partial charge in [0.2, 0.25) is 5.91 Å². The number of aliphatic hydroxyl groups is 1. The molecular formula is C16H28N2O2. The van der Waals surface area contributed by atoms with Gasteiger partial charge >= 0.3 is 0 Å². The minimum atomic E-state index is 0.0869. The molecular weight excluding hydrogens is 252 g/mol. The van der Waals surface area contributed by atoms with Crippen LogP contribution in [-0.2, 0) is 4.79 Å². The molecule has 1 fully saturated rings. The van der Waals surface area contributed by atoms with Gasteiger partial charge in [-0.25, -0.2) is 0 Å². The first-order valence-corrected chi connectivity index (χ1v) is 7.57. The van der Waals surface area contributed by atoms with Crippen molar-refractivity contribution in [1.29, 1.82) is 0 Å². The maximum absolute atomic E-state index is 12.4. The summed E-state index contributed by atoms with van der Waals surface area (Å²) in [5, 5.41) is 9.23. The first-order chi connectivity index (χ1) is 9.72. The summed E-state index contributed by atoms with van der Waals surface area (Å²) in [5.41, 5.74) is 0. The molecule has 0 spiro atoms. The minimum absolute atomic E-state index is 0.0869. The lowest BCUT2D eigenvalue weighted by molar-refractivity contribution is -0.132. The molecule has 0 aromatic carbocycles. The van der Waals surface area contributed by atoms with Gasteiger partial charge in [-0.15, -0.1) is 13.2 Å². The molecule has 1 aliphatic rings. The average molecular weight is 280 g/mol. The average Bonchev–Trinajstić information content (AvgIpc) is 2.47. The van der Waals surface area contributed by atoms with E-state index >= 15 is 0 Å². The van der Waals surface area contributed by atoms with Crippen molar-refractivity contribution in [2.75, 3.05) is 32.8 Å². The lowest BCUT2D eigenvalue weighted by atomic mass is 9.94. The van der Waals surface area contributed by atoms with E-state index in [9.17, 15) is 9.90 Å². The van der Waals surface area contributed by atoms with E-state index in [1.807, 2.05) is 0 Å². The number of hydrogen-bond donors (Lipinski definition) is 1. The van der Waals surface area contributed by atoms with Crippen LogP contribution in [0.5, 0.6) is 0 Å². The highest BCUT2D eigenvalue weighted by molar-refractivity contribution is 5.78. The van der Waals surface area contributed by atoms with Gasteiger partial charge in [0.25, 0.3) is 0 Å². The maximum atomic E-state index is 12.4. The highest BCUT2D eigenvalue weighted by Crippen LogP contribution is 2.22. The van der Waals surface area contributed by atoms with Crippen molar-refractivity contribution in [3.63, 3.8) is 0 Å². The summed E-state index contributed by atoms with van der Waals surface area (Å²) >= 11 is 0. The van der Waals surface area contributed by atoms with Crippen molar-refractivity contribution < 1.29 is 9.90 Å². The van der Waals surface area contributed by atoms with Gasteiger partial charge in [0.15, 0.2) is 0 Å². The molecule has 1 rings (SSSR count). The van der Waals surface area contributed by atoms with Gasteiger partial charge in [-0.2, -0.15) is 0 Å². The normalized spacial score (nSPS) is 16.1. The summed E-state index contributed by atoms with van der Waals surface area (Å²) in [4.78, 5) is 16.2. The monoisotopic (exact) mass is 280 g/mol. The van der Waals surface area contributed by atoms with E-state index in [4.69, 9.17) is 0 Å². The minimum Gasteiger partial charge on any atom is -0.395 e. The van der Waals surface area contributed by atoms with Crippen LogP contribution in [0.2, 0.25) is 0 Å². The summed E-state index contributed by atoms with van der Waals surface area (Å²) in [6.45, 7) is 9.53. The molecule has 0 saturated heterocycles. The van der Waals surface area contributed by atoms with Crippen LogP contribution in [0.15, 0.2) is 25.3 Å². The van der Waals surface area contributed by atoms with Gasteiger partial charge in [0.05, 0.1) is 13.2 Å². The molecule has 0 atom stereocenters. The Morgan fingerprint density at radius 2 is 1.75 bits per heavy atom. The predicted molar refractivity (Wildman–Crippen MR) is 82.5 cm³/mol. The maximum Gasteiger partial charge on any atom is 0.237 e. The summed E-state index contributed by atoms with van der Waals surface area (Å²) in [6.07, 6.45) is 9.48. The summed E-state index contributed by atoms with van der Waals surface area (Å²) in [6, 6.07) is 0.439. The van der Waals surface area contributed by atoms with Crippen LogP contribution in [-0.4, -0.2) is 59.6 Å². The second-order valence-electron chi connectivity index (χ2n) is 5.36. The third kappa shape index (κ3) is 5.47. The van der Waals surface area contributed by atoms with E-state index in [1.54, 1.807) is 17.1 Å². The topological polar surface area (TPSA) is 43.8 Å². The van der Waals surface area contributed by atoms with E-state index < -0.39 is 0 Å². The van der Waals surface area contributed by atoms with Crippen LogP contribution in [0.1, 0.15) is 32.1 Å². The smallest absolute Gasteiger partial charge is 0.237 e. The number of nitrogens with zero attached hydrogens (tertiary/aromatic N) is 2. The number of hydrogen-bond acceptors (Lipinski definition) is 3. The SMILES string of the molecule is C=CCN(CC=C)C(=O)CN(CCO)C1CCCCC1. The molecule has 1 N–H and O–H groups in total. The quantitative estimate of drug-likeness (QED) is 0.655. The van der Waals surface area contributed by atoms with Gasteiger partial charge in [-0.05, 0) is 12.8 Å². The Bertz CT molecular complexity index is 302. The van der Waals surface area contributed by atoms with Crippen molar-refractivity contribution in [2.24, 2.45) is 0 Å². The molecule has 0 aromatic rings. The lowest BCUT2D eigenvalue weighted by Gasteiger charge is -2.34. The number of amides is 1. The molecule has 0 unspecified atom stereocenters. The number of carbonyl (C=O) groups excluding carboxylic acids is 1. The molecule has 0 radical (unpaired) electrons. The zero-order valence-electron chi connectivity index (χ0n) is 12.5. The first-order valence-electron chi connectivity index (χ1n) is 7.57. The van der Waals surface area contributed by atoms with E-state index in [2.05, 4.69) is 18.1 Å². The Kier molecular flexibility index (Phi) is 8.23. The third-order valence-corrected chi connectivity index (χ3v) is 3.87. The van der Waals surface area contributed by atoms with Crippen LogP contribution in [0.4, 0.5) is 0 Å². The van der Waals surface area contributed by atoms with Crippen molar-refractivity contribution >= 4 is 5.91 Å². The van der Waals surface area contributed by atoms with Crippen LogP contribution in [0, 0.1) is 0 Å². The molecule has 4 nitrogen and oxygen atoms in total. The van der Waals surface area contributed by atoms with Gasteiger partial charge in [0.1, 0.15) is 0 Å². The Hall–Kier alpha value is -1.13. The summed E-state index contributed by atoms with van der Waals surface area (Å²) in [7, 11) is 0. The van der Waals surface area contributed by atoms with E-state index in [0.717, 1.165) is 12.8 Å². The van der Waals surface area contributed by atoms with Crippen molar-refractivity contribution in [1.82, 2.24) is 9.80 Å². The molecule has 0 heterocycles. The fourth-order valence-electron chi connectivity index (χ4n) is 2.83. The molecule has 1 amide bonds. The van der Waals surface area contributed by atoms with Gasteiger partial charge in [-0.3, -0.25) is 9.69 Å². The highest BCUT2D eigenvalue weighted by atomic mass is 16.3. The van der Waals surface area contributed by atoms with E-state index in [-0.39, 0.29) is 12.5 Å². The summed E-state index contributed by atoms with van der Waals surface area (Å²) < 4.78 is 0. The molecule has 0 bridgehead atoms. The number of aliphatic hydroxyl groups excluding tert-OH is 1. The Balaban J connectivity index is 2.59. The second kappa shape index (κ2) is 9.72. The van der Waals surface area contributed by atoms with E-state index in [0.29, 0.717) is 32.2 Å². The molecule has 4 heteroatoms. The molecule has 1 saturated carbocycles. The fraction of sp³-hybridized carbons (Fsp3) is 0.688. The molecule has 114 valence electrons. The Labute approximate surface area is 122 Å². The largest absolute Gasteiger partial charge is 0.395 e. The second-order valence-corrected chi connectivity index (χ2v) is 5.36. The zero-order valence-corrected chi connectivity index (χ0v) is 12.5. The van der Waals surface area contributed by atoms with Gasteiger partial charge < -0.3 is 10.0 Å². The molecule has 1 aliphatic carbocycles. The highest BCUT2D eigenvalue weighted by Gasteiger charge is 2.24. The zero-order chi connectivity index (χ0) is 14.8. The van der Waals surface area contributed by atoms with Crippen molar-refractivity contribution in [3.8, 4) is 0 Å². The predicted octanol–water partition coefficient (Wildman–Crippen LogP) is 1.81. The van der Waals surface area contributed by atoms with Gasteiger partial charge in [-0.1, -0.05) is 31.4 Å². The first kappa shape index (κ1) is 16.9. The fourth-order valence-corrected chi connectivity index (χ4v) is 2.83. The number of rotatable bonds is 9. The number of carbonyl (C=O) groups is 1. The van der Waals surface area contributed by atoms with Crippen molar-refractivity contribution in [2.45, 2.75) is 38.1 Å². The molecule has 0 aliphatic heterocycles. The van der Waals surface area contributed by atoms with E-state index in [1.165, 1.54) is 19.3 Å². The Morgan fingerprint density at radius 3 is 2.25 bits per heavy atom. The molecule has 0 aromatic heterocycles. The standard InChI is InChI=1S/C16H28N2O2/c1-3-10-17(11-4-2)16(20)14-18(12-13-19)15-8-6-5-7-9-15/h3-4,15,19H,1-2,5-14H2. The third-order valence-electron chi connectivity index (χ3n) is 3.87. The van der Waals surface area contributed by atoms with Crippen LogP contribution in [0.25, 0.3) is 0 Å². The Morgan fingerprint density at radius 1 is 1.15 bits per heavy atom. The van der Waals surface area contributed by atoms with Crippen molar-refractivity contribution in [3.05, 3.63) is 25.3 Å². The molecule has 20 heavy (non-hydrogen) atoms. The van der Waals surface area contributed by atoms with Crippen LogP contribution >= 0.6 is 0 Å².